The molecular weight excluding hydrogens is 299 g/mol. The van der Waals surface area contributed by atoms with E-state index in [1.165, 1.54) is 14.7 Å². The van der Waals surface area contributed by atoms with Gasteiger partial charge in [-0.3, -0.25) is 0 Å². The molecule has 0 aromatic carbocycles. The Kier molecular flexibility index (Phi) is 3.46. The van der Waals surface area contributed by atoms with Gasteiger partial charge in [-0.05, 0) is 53.2 Å². The highest BCUT2D eigenvalue weighted by molar-refractivity contribution is 14.1. The van der Waals surface area contributed by atoms with Gasteiger partial charge in [0.15, 0.2) is 0 Å². The molecular formula is C13H15IO. The van der Waals surface area contributed by atoms with Crippen LogP contribution in [0.25, 0.3) is 0 Å². The highest BCUT2D eigenvalue weighted by Crippen LogP contribution is 2.39. The summed E-state index contributed by atoms with van der Waals surface area (Å²) in [6.45, 7) is 2.09. The standard InChI is InChI=1S/C13H15IO/c1-3-11-12(8-13(11)15-2)9-5-4-6-10(14)7-9/h3-4,6-9,13H,5H2,1-2H3/b11-3-/t9-,13?/m1/s1. The van der Waals surface area contributed by atoms with Crippen molar-refractivity contribution in [3.8, 4) is 0 Å². The lowest BCUT2D eigenvalue weighted by Gasteiger charge is -2.33. The number of allylic oxidation sites excluding steroid dienone is 5. The van der Waals surface area contributed by atoms with Gasteiger partial charge >= 0.3 is 0 Å². The summed E-state index contributed by atoms with van der Waals surface area (Å²) < 4.78 is 6.69. The van der Waals surface area contributed by atoms with E-state index in [0.29, 0.717) is 5.92 Å². The maximum absolute atomic E-state index is 5.35. The second kappa shape index (κ2) is 4.66. The first-order valence-electron chi connectivity index (χ1n) is 5.21. The van der Waals surface area contributed by atoms with E-state index in [-0.39, 0.29) is 6.10 Å². The summed E-state index contributed by atoms with van der Waals surface area (Å²) in [6, 6.07) is 0. The van der Waals surface area contributed by atoms with Crippen LogP contribution in [0.5, 0.6) is 0 Å². The molecule has 0 heterocycles. The predicted octanol–water partition coefficient (Wildman–Crippen LogP) is 3.78. The second-order valence-electron chi connectivity index (χ2n) is 3.82. The lowest BCUT2D eigenvalue weighted by Crippen LogP contribution is -2.26. The van der Waals surface area contributed by atoms with Crippen molar-refractivity contribution in [3.05, 3.63) is 45.1 Å². The van der Waals surface area contributed by atoms with Gasteiger partial charge in [-0.2, -0.15) is 0 Å². The highest BCUT2D eigenvalue weighted by atomic mass is 127. The third-order valence-electron chi connectivity index (χ3n) is 2.96. The van der Waals surface area contributed by atoms with Gasteiger partial charge in [0.2, 0.25) is 0 Å². The van der Waals surface area contributed by atoms with Crippen molar-refractivity contribution in [1.82, 2.24) is 0 Å². The predicted molar refractivity (Wildman–Crippen MR) is 72.0 cm³/mol. The highest BCUT2D eigenvalue weighted by Gasteiger charge is 2.29. The minimum Gasteiger partial charge on any atom is -0.373 e. The summed E-state index contributed by atoms with van der Waals surface area (Å²) in [5, 5.41) is 0. The Bertz CT molecular complexity index is 374. The molecule has 0 aromatic rings. The fourth-order valence-corrected chi connectivity index (χ4v) is 2.83. The quantitative estimate of drug-likeness (QED) is 0.705. The molecule has 0 saturated carbocycles. The van der Waals surface area contributed by atoms with Crippen LogP contribution in [0.4, 0.5) is 0 Å². The number of hydrogen-bond acceptors (Lipinski definition) is 1. The van der Waals surface area contributed by atoms with Crippen LogP contribution in [-0.4, -0.2) is 13.2 Å². The number of hydrogen-bond donors (Lipinski definition) is 0. The number of rotatable bonds is 2. The van der Waals surface area contributed by atoms with Gasteiger partial charge in [0.25, 0.3) is 0 Å². The van der Waals surface area contributed by atoms with E-state index in [2.05, 4.69) is 59.9 Å². The van der Waals surface area contributed by atoms with Crippen molar-refractivity contribution >= 4 is 22.6 Å². The Morgan fingerprint density at radius 2 is 2.27 bits per heavy atom. The Balaban J connectivity index is 2.17. The van der Waals surface area contributed by atoms with Crippen molar-refractivity contribution in [2.24, 2.45) is 5.92 Å². The van der Waals surface area contributed by atoms with E-state index in [4.69, 9.17) is 4.74 Å². The molecule has 1 nitrogen and oxygen atoms in total. The summed E-state index contributed by atoms with van der Waals surface area (Å²) in [4.78, 5) is 0. The SMILES string of the molecule is C/C=C1/C([C@H]2C=C(I)C=CC2)=CC1OC. The smallest absolute Gasteiger partial charge is 0.101 e. The molecule has 0 spiro atoms. The normalized spacial score (nSPS) is 32.3. The van der Waals surface area contributed by atoms with Gasteiger partial charge in [-0.1, -0.05) is 24.3 Å². The average Bonchev–Trinajstić information content (AvgIpc) is 2.18. The molecule has 15 heavy (non-hydrogen) atoms. The lowest BCUT2D eigenvalue weighted by atomic mass is 9.77. The number of methoxy groups -OCH3 is 1. The molecule has 0 saturated heterocycles. The molecule has 2 rings (SSSR count). The monoisotopic (exact) mass is 314 g/mol. The minimum atomic E-state index is 0.224. The summed E-state index contributed by atoms with van der Waals surface area (Å²) in [5.41, 5.74) is 2.81. The second-order valence-corrected chi connectivity index (χ2v) is 5.06. The van der Waals surface area contributed by atoms with Gasteiger partial charge in [-0.15, -0.1) is 0 Å². The van der Waals surface area contributed by atoms with Crippen molar-refractivity contribution in [1.29, 1.82) is 0 Å². The van der Waals surface area contributed by atoms with Gasteiger partial charge in [0.05, 0.1) is 0 Å². The molecule has 0 aromatic heterocycles. The molecule has 80 valence electrons. The lowest BCUT2D eigenvalue weighted by molar-refractivity contribution is 0.157. The molecule has 2 aliphatic carbocycles. The third kappa shape index (κ3) is 2.11. The van der Waals surface area contributed by atoms with Crippen LogP contribution in [0, 0.1) is 5.92 Å². The minimum absolute atomic E-state index is 0.224. The molecule has 0 radical (unpaired) electrons. The molecule has 0 amide bonds. The number of halogens is 1. The average molecular weight is 314 g/mol. The molecule has 1 unspecified atom stereocenters. The molecule has 0 N–H and O–H groups in total. The topological polar surface area (TPSA) is 9.23 Å². The van der Waals surface area contributed by atoms with Gasteiger partial charge in [-0.25, -0.2) is 0 Å². The molecule has 2 aliphatic rings. The first kappa shape index (κ1) is 11.1. The largest absolute Gasteiger partial charge is 0.373 e. The van der Waals surface area contributed by atoms with Crippen molar-refractivity contribution in [2.45, 2.75) is 19.4 Å². The van der Waals surface area contributed by atoms with Crippen molar-refractivity contribution in [2.75, 3.05) is 7.11 Å². The first-order valence-corrected chi connectivity index (χ1v) is 6.29. The van der Waals surface area contributed by atoms with Crippen LogP contribution in [0.3, 0.4) is 0 Å². The van der Waals surface area contributed by atoms with Crippen LogP contribution in [0.2, 0.25) is 0 Å². The van der Waals surface area contributed by atoms with Crippen LogP contribution < -0.4 is 0 Å². The Morgan fingerprint density at radius 3 is 2.87 bits per heavy atom. The van der Waals surface area contributed by atoms with E-state index < -0.39 is 0 Å². The third-order valence-corrected chi connectivity index (χ3v) is 3.68. The first-order chi connectivity index (χ1) is 7.26. The van der Waals surface area contributed by atoms with Gasteiger partial charge < -0.3 is 4.74 Å². The Morgan fingerprint density at radius 1 is 1.47 bits per heavy atom. The van der Waals surface area contributed by atoms with E-state index >= 15 is 0 Å². The maximum Gasteiger partial charge on any atom is 0.101 e. The van der Waals surface area contributed by atoms with Crippen LogP contribution in [0.1, 0.15) is 13.3 Å². The molecule has 0 fully saturated rings. The van der Waals surface area contributed by atoms with Gasteiger partial charge in [0, 0.05) is 16.6 Å². The Labute approximate surface area is 105 Å². The van der Waals surface area contributed by atoms with Crippen LogP contribution >= 0.6 is 22.6 Å². The fraction of sp³-hybridized carbons (Fsp3) is 0.385. The summed E-state index contributed by atoms with van der Waals surface area (Å²) in [7, 11) is 1.77. The summed E-state index contributed by atoms with van der Waals surface area (Å²) in [6.07, 6.45) is 12.5. The van der Waals surface area contributed by atoms with Crippen molar-refractivity contribution < 1.29 is 4.74 Å². The van der Waals surface area contributed by atoms with E-state index in [1.54, 1.807) is 7.11 Å². The van der Waals surface area contributed by atoms with Crippen molar-refractivity contribution in [3.63, 3.8) is 0 Å². The zero-order valence-corrected chi connectivity index (χ0v) is 11.2. The number of ether oxygens (including phenoxy) is 1. The van der Waals surface area contributed by atoms with E-state index in [0.717, 1.165) is 6.42 Å². The molecule has 0 aliphatic heterocycles. The molecule has 0 bridgehead atoms. The molecule has 2 atom stereocenters. The Hall–Kier alpha value is -0.350. The van der Waals surface area contributed by atoms with E-state index in [9.17, 15) is 0 Å². The van der Waals surface area contributed by atoms with E-state index in [1.807, 2.05) is 0 Å². The summed E-state index contributed by atoms with van der Waals surface area (Å²) >= 11 is 2.38. The van der Waals surface area contributed by atoms with Gasteiger partial charge in [0.1, 0.15) is 6.10 Å². The zero-order chi connectivity index (χ0) is 10.8. The van der Waals surface area contributed by atoms with Crippen LogP contribution in [0.15, 0.2) is 45.1 Å². The van der Waals surface area contributed by atoms with Crippen LogP contribution in [-0.2, 0) is 4.74 Å². The fourth-order valence-electron chi connectivity index (χ4n) is 2.14. The zero-order valence-electron chi connectivity index (χ0n) is 9.03. The molecule has 2 heteroatoms. The summed E-state index contributed by atoms with van der Waals surface area (Å²) in [5.74, 6) is 0.555. The maximum atomic E-state index is 5.35.